The summed E-state index contributed by atoms with van der Waals surface area (Å²) in [6, 6.07) is 0.341. The average molecular weight is 264 g/mol. The molecule has 0 amide bonds. The van der Waals surface area contributed by atoms with Crippen LogP contribution >= 0.6 is 11.3 Å². The molecule has 2 aromatic rings. The summed E-state index contributed by atoms with van der Waals surface area (Å²) in [7, 11) is 3.95. The van der Waals surface area contributed by atoms with E-state index in [1.54, 1.807) is 11.3 Å². The molecule has 0 aromatic carbocycles. The molecule has 4 nitrogen and oxygen atoms in total. The third kappa shape index (κ3) is 2.08. The van der Waals surface area contributed by atoms with Crippen LogP contribution in [0, 0.1) is 20.8 Å². The van der Waals surface area contributed by atoms with Crippen LogP contribution in [0.3, 0.4) is 0 Å². The summed E-state index contributed by atoms with van der Waals surface area (Å²) in [5, 5.41) is 8.81. The molecule has 98 valence electrons. The van der Waals surface area contributed by atoms with Crippen molar-refractivity contribution in [2.24, 2.45) is 7.05 Å². The lowest BCUT2D eigenvalue weighted by Crippen LogP contribution is -2.11. The van der Waals surface area contributed by atoms with E-state index in [-0.39, 0.29) is 0 Å². The van der Waals surface area contributed by atoms with Crippen LogP contribution in [0.25, 0.3) is 10.6 Å². The Hall–Kier alpha value is -1.20. The van der Waals surface area contributed by atoms with Crippen LogP contribution < -0.4 is 5.32 Å². The molecule has 0 saturated carbocycles. The van der Waals surface area contributed by atoms with Gasteiger partial charge in [0.15, 0.2) is 0 Å². The van der Waals surface area contributed by atoms with E-state index < -0.39 is 0 Å². The normalized spacial score (nSPS) is 13.0. The molecule has 18 heavy (non-hydrogen) atoms. The van der Waals surface area contributed by atoms with E-state index >= 15 is 0 Å². The maximum atomic E-state index is 4.71. The van der Waals surface area contributed by atoms with Gasteiger partial charge in [-0.25, -0.2) is 4.98 Å². The molecule has 0 aliphatic carbocycles. The van der Waals surface area contributed by atoms with Gasteiger partial charge in [0.05, 0.1) is 17.0 Å². The minimum atomic E-state index is 0.341. The lowest BCUT2D eigenvalue weighted by atomic mass is 10.2. The molecule has 0 aliphatic rings. The zero-order chi connectivity index (χ0) is 13.4. The highest BCUT2D eigenvalue weighted by Gasteiger charge is 2.19. The SMILES string of the molecule is CNC(C)c1sc(-c2c(C)nn(C)c2C)nc1C. The highest BCUT2D eigenvalue weighted by molar-refractivity contribution is 7.15. The van der Waals surface area contributed by atoms with E-state index in [1.807, 2.05) is 25.7 Å². The first-order valence-corrected chi connectivity index (χ1v) is 6.92. The van der Waals surface area contributed by atoms with Crippen molar-refractivity contribution in [1.82, 2.24) is 20.1 Å². The summed E-state index contributed by atoms with van der Waals surface area (Å²) in [4.78, 5) is 6.01. The number of aromatic nitrogens is 3. The molecule has 5 heteroatoms. The minimum Gasteiger partial charge on any atom is -0.312 e. The second kappa shape index (κ2) is 4.82. The topological polar surface area (TPSA) is 42.7 Å². The Bertz CT molecular complexity index is 568. The van der Waals surface area contributed by atoms with Crippen molar-refractivity contribution in [3.8, 4) is 10.6 Å². The summed E-state index contributed by atoms with van der Waals surface area (Å²) < 4.78 is 1.92. The Balaban J connectivity index is 2.52. The van der Waals surface area contributed by atoms with E-state index in [9.17, 15) is 0 Å². The zero-order valence-electron chi connectivity index (χ0n) is 11.8. The van der Waals surface area contributed by atoms with Gasteiger partial charge in [0.1, 0.15) is 5.01 Å². The zero-order valence-corrected chi connectivity index (χ0v) is 12.6. The third-order valence-corrected chi connectivity index (χ3v) is 4.74. The highest BCUT2D eigenvalue weighted by Crippen LogP contribution is 2.34. The first-order valence-electron chi connectivity index (χ1n) is 6.10. The molecule has 2 heterocycles. The van der Waals surface area contributed by atoms with Crippen molar-refractivity contribution in [2.75, 3.05) is 7.05 Å². The fraction of sp³-hybridized carbons (Fsp3) is 0.538. The first-order chi connectivity index (χ1) is 8.45. The Labute approximate surface area is 112 Å². The Morgan fingerprint density at radius 2 is 1.89 bits per heavy atom. The number of hydrogen-bond donors (Lipinski definition) is 1. The quantitative estimate of drug-likeness (QED) is 0.927. The molecule has 0 spiro atoms. The summed E-state index contributed by atoms with van der Waals surface area (Å²) in [5.41, 5.74) is 4.51. The van der Waals surface area contributed by atoms with Gasteiger partial charge in [0.2, 0.25) is 0 Å². The van der Waals surface area contributed by atoms with Gasteiger partial charge in [-0.15, -0.1) is 11.3 Å². The van der Waals surface area contributed by atoms with E-state index in [0.29, 0.717) is 6.04 Å². The molecule has 0 saturated heterocycles. The van der Waals surface area contributed by atoms with Gasteiger partial charge in [0.25, 0.3) is 0 Å². The second-order valence-corrected chi connectivity index (χ2v) is 5.68. The van der Waals surface area contributed by atoms with Crippen molar-refractivity contribution in [2.45, 2.75) is 33.7 Å². The first kappa shape index (κ1) is 13.2. The smallest absolute Gasteiger partial charge is 0.127 e. The van der Waals surface area contributed by atoms with Crippen LogP contribution in [-0.4, -0.2) is 21.8 Å². The summed E-state index contributed by atoms with van der Waals surface area (Å²) >= 11 is 1.76. The number of hydrogen-bond acceptors (Lipinski definition) is 4. The molecule has 0 fully saturated rings. The predicted octanol–water partition coefficient (Wildman–Crippen LogP) is 2.75. The van der Waals surface area contributed by atoms with Gasteiger partial charge in [-0.3, -0.25) is 4.68 Å². The van der Waals surface area contributed by atoms with Gasteiger partial charge in [0, 0.05) is 23.7 Å². The van der Waals surface area contributed by atoms with Gasteiger partial charge in [-0.1, -0.05) is 0 Å². The predicted molar refractivity (Wildman–Crippen MR) is 76.0 cm³/mol. The van der Waals surface area contributed by atoms with Crippen molar-refractivity contribution < 1.29 is 0 Å². The molecule has 0 bridgehead atoms. The molecule has 1 atom stereocenters. The van der Waals surface area contributed by atoms with Crippen molar-refractivity contribution in [3.05, 3.63) is 22.0 Å². The van der Waals surface area contributed by atoms with Gasteiger partial charge < -0.3 is 5.32 Å². The summed E-state index contributed by atoms with van der Waals surface area (Å²) in [6.07, 6.45) is 0. The fourth-order valence-electron chi connectivity index (χ4n) is 2.13. The average Bonchev–Trinajstić information content (AvgIpc) is 2.80. The van der Waals surface area contributed by atoms with Gasteiger partial charge in [-0.05, 0) is 34.7 Å². The summed E-state index contributed by atoms with van der Waals surface area (Å²) in [5.74, 6) is 0. The van der Waals surface area contributed by atoms with E-state index in [4.69, 9.17) is 4.98 Å². The number of rotatable bonds is 3. The van der Waals surface area contributed by atoms with Crippen LogP contribution in [0.1, 0.15) is 34.9 Å². The molecule has 0 radical (unpaired) electrons. The van der Waals surface area contributed by atoms with Crippen LogP contribution in [0.2, 0.25) is 0 Å². The maximum Gasteiger partial charge on any atom is 0.127 e. The lowest BCUT2D eigenvalue weighted by molar-refractivity contribution is 0.658. The number of nitrogens with zero attached hydrogens (tertiary/aromatic N) is 3. The number of nitrogens with one attached hydrogen (secondary N) is 1. The highest BCUT2D eigenvalue weighted by atomic mass is 32.1. The Morgan fingerprint density at radius 1 is 1.22 bits per heavy atom. The van der Waals surface area contributed by atoms with E-state index in [1.165, 1.54) is 16.1 Å². The Kier molecular flexibility index (Phi) is 3.54. The van der Waals surface area contributed by atoms with E-state index in [2.05, 4.69) is 31.2 Å². The van der Waals surface area contributed by atoms with E-state index in [0.717, 1.165) is 16.4 Å². The monoisotopic (exact) mass is 264 g/mol. The maximum absolute atomic E-state index is 4.71. The molecule has 1 N–H and O–H groups in total. The fourth-order valence-corrected chi connectivity index (χ4v) is 3.41. The minimum absolute atomic E-state index is 0.341. The largest absolute Gasteiger partial charge is 0.312 e. The molecule has 1 unspecified atom stereocenters. The number of aryl methyl sites for hydroxylation is 3. The number of thiazole rings is 1. The van der Waals surface area contributed by atoms with Crippen LogP contribution in [-0.2, 0) is 7.05 Å². The van der Waals surface area contributed by atoms with Gasteiger partial charge in [-0.2, -0.15) is 5.10 Å². The summed E-state index contributed by atoms with van der Waals surface area (Å²) in [6.45, 7) is 8.37. The third-order valence-electron chi connectivity index (χ3n) is 3.38. The van der Waals surface area contributed by atoms with Crippen molar-refractivity contribution in [3.63, 3.8) is 0 Å². The van der Waals surface area contributed by atoms with Crippen LogP contribution in [0.4, 0.5) is 0 Å². The molecule has 0 aliphatic heterocycles. The lowest BCUT2D eigenvalue weighted by Gasteiger charge is -2.06. The molecular weight excluding hydrogens is 244 g/mol. The second-order valence-electron chi connectivity index (χ2n) is 4.65. The van der Waals surface area contributed by atoms with Crippen LogP contribution in [0.5, 0.6) is 0 Å². The molecular formula is C13H20N4S. The van der Waals surface area contributed by atoms with Crippen molar-refractivity contribution in [1.29, 1.82) is 0 Å². The van der Waals surface area contributed by atoms with Gasteiger partial charge >= 0.3 is 0 Å². The molecule has 2 rings (SSSR count). The van der Waals surface area contributed by atoms with Crippen molar-refractivity contribution >= 4 is 11.3 Å². The Morgan fingerprint density at radius 3 is 2.39 bits per heavy atom. The molecule has 2 aromatic heterocycles. The van der Waals surface area contributed by atoms with Crippen LogP contribution in [0.15, 0.2) is 0 Å². The standard InChI is InChI=1S/C13H20N4S/c1-7-11(10(4)17(6)16-7)13-15-9(3)12(18-13)8(2)14-5/h8,14H,1-6H3.